The highest BCUT2D eigenvalue weighted by Gasteiger charge is 2.66. The van der Waals surface area contributed by atoms with Crippen LogP contribution < -0.4 is 4.90 Å². The fourth-order valence-corrected chi connectivity index (χ4v) is 3.81. The molecule has 1 unspecified atom stereocenters. The lowest BCUT2D eigenvalue weighted by Crippen LogP contribution is -2.52. The number of anilines is 1. The van der Waals surface area contributed by atoms with Crippen LogP contribution >= 0.6 is 0 Å². The Morgan fingerprint density at radius 1 is 0.839 bits per heavy atom. The smallest absolute Gasteiger partial charge is 0.311 e. The van der Waals surface area contributed by atoms with Crippen LogP contribution in [0.4, 0.5) is 45.2 Å². The van der Waals surface area contributed by atoms with Crippen molar-refractivity contribution in [1.82, 2.24) is 0 Å². The molecule has 0 fully saturated rings. The van der Waals surface area contributed by atoms with Gasteiger partial charge in [0.25, 0.3) is 0 Å². The minimum atomic E-state index is -5.28. The fraction of sp³-hybridized carbons (Fsp3) is 0.350. The molecule has 31 heavy (non-hydrogen) atoms. The Morgan fingerprint density at radius 3 is 1.81 bits per heavy atom. The molecule has 168 valence electrons. The van der Waals surface area contributed by atoms with Crippen LogP contribution in [0.2, 0.25) is 0 Å². The first-order valence-electron chi connectivity index (χ1n) is 8.89. The summed E-state index contributed by atoms with van der Waals surface area (Å²) in [5.74, 6) is -1.45. The predicted molar refractivity (Wildman–Crippen MR) is 92.4 cm³/mol. The Labute approximate surface area is 170 Å². The summed E-state index contributed by atoms with van der Waals surface area (Å²) in [7, 11) is 0. The van der Waals surface area contributed by atoms with Crippen LogP contribution in [0.25, 0.3) is 0 Å². The first kappa shape index (κ1) is 23.0. The van der Waals surface area contributed by atoms with E-state index < -0.39 is 58.5 Å². The number of hydrogen-bond acceptors (Lipinski definition) is 1. The van der Waals surface area contributed by atoms with Gasteiger partial charge in [0.05, 0.1) is 11.1 Å². The maximum atomic E-state index is 14.3. The molecule has 0 saturated heterocycles. The number of fused-ring (bicyclic) bond motifs is 1. The van der Waals surface area contributed by atoms with E-state index >= 15 is 0 Å². The second-order valence-electron chi connectivity index (χ2n) is 7.06. The van der Waals surface area contributed by atoms with Gasteiger partial charge in [0.15, 0.2) is 5.41 Å². The van der Waals surface area contributed by atoms with Gasteiger partial charge in [0.1, 0.15) is 0 Å². The topological polar surface area (TPSA) is 20.3 Å². The average Bonchev–Trinajstić information content (AvgIpc) is 2.88. The molecule has 2 aromatic rings. The van der Waals surface area contributed by atoms with E-state index in [1.165, 1.54) is 25.1 Å². The molecule has 1 amide bonds. The first-order valence-corrected chi connectivity index (χ1v) is 8.89. The van der Waals surface area contributed by atoms with E-state index in [0.717, 1.165) is 11.0 Å². The molecular formula is C20H14F9NO. The van der Waals surface area contributed by atoms with Gasteiger partial charge < -0.3 is 4.90 Å². The molecular weight excluding hydrogens is 441 g/mol. The Morgan fingerprint density at radius 2 is 1.35 bits per heavy atom. The summed E-state index contributed by atoms with van der Waals surface area (Å²) in [5.41, 5.74) is -8.31. The van der Waals surface area contributed by atoms with Gasteiger partial charge in [-0.15, -0.1) is 0 Å². The molecule has 2 aromatic carbocycles. The van der Waals surface area contributed by atoms with Crippen molar-refractivity contribution < 1.29 is 44.3 Å². The third kappa shape index (κ3) is 3.74. The molecule has 1 heterocycles. The van der Waals surface area contributed by atoms with Crippen molar-refractivity contribution in [2.45, 2.75) is 37.3 Å². The van der Waals surface area contributed by atoms with Crippen molar-refractivity contribution in [2.24, 2.45) is 0 Å². The summed E-state index contributed by atoms with van der Waals surface area (Å²) in [6.45, 7) is 1.25. The van der Waals surface area contributed by atoms with Gasteiger partial charge in [-0.2, -0.15) is 39.5 Å². The van der Waals surface area contributed by atoms with Gasteiger partial charge in [-0.1, -0.05) is 18.2 Å². The van der Waals surface area contributed by atoms with E-state index in [4.69, 9.17) is 0 Å². The normalized spacial score (nSPS) is 19.7. The molecule has 1 aliphatic rings. The number of carbonyl (C=O) groups is 1. The lowest BCUT2D eigenvalue weighted by atomic mass is 9.75. The summed E-state index contributed by atoms with van der Waals surface area (Å²) < 4.78 is 122. The van der Waals surface area contributed by atoms with E-state index in [1.807, 2.05) is 0 Å². The van der Waals surface area contributed by atoms with Gasteiger partial charge in [-0.3, -0.25) is 4.79 Å². The van der Waals surface area contributed by atoms with E-state index in [0.29, 0.717) is 0 Å². The number of nitrogens with zero attached hydrogens (tertiary/aromatic N) is 1. The average molecular weight is 455 g/mol. The van der Waals surface area contributed by atoms with Crippen molar-refractivity contribution in [3.8, 4) is 0 Å². The Balaban J connectivity index is 2.27. The summed E-state index contributed by atoms with van der Waals surface area (Å²) in [6.07, 6.45) is -17.1. The summed E-state index contributed by atoms with van der Waals surface area (Å²) in [5, 5.41) is 0. The third-order valence-corrected chi connectivity index (χ3v) is 5.18. The van der Waals surface area contributed by atoms with Crippen LogP contribution in [0, 0.1) is 0 Å². The molecule has 2 nitrogen and oxygen atoms in total. The number of alkyl halides is 9. The van der Waals surface area contributed by atoms with Crippen molar-refractivity contribution in [2.75, 3.05) is 11.4 Å². The summed E-state index contributed by atoms with van der Waals surface area (Å²) in [4.78, 5) is 13.7. The van der Waals surface area contributed by atoms with E-state index in [1.54, 1.807) is 0 Å². The number of hydrogen-bond donors (Lipinski definition) is 0. The first-order chi connectivity index (χ1) is 14.1. The molecule has 0 spiro atoms. The van der Waals surface area contributed by atoms with Crippen LogP contribution in [0.5, 0.6) is 0 Å². The van der Waals surface area contributed by atoms with E-state index in [-0.39, 0.29) is 30.4 Å². The zero-order chi connectivity index (χ0) is 23.4. The highest BCUT2D eigenvalue weighted by molar-refractivity contribution is 6.09. The molecule has 0 bridgehead atoms. The number of para-hydroxylation sites is 1. The van der Waals surface area contributed by atoms with Crippen LogP contribution in [0.15, 0.2) is 42.5 Å². The second-order valence-corrected chi connectivity index (χ2v) is 7.06. The highest BCUT2D eigenvalue weighted by atomic mass is 19.4. The Bertz CT molecular complexity index is 975. The van der Waals surface area contributed by atoms with Crippen LogP contribution in [-0.4, -0.2) is 18.6 Å². The quantitative estimate of drug-likeness (QED) is 0.510. The number of carbonyl (C=O) groups excluding carboxylic acids is 1. The molecule has 0 saturated carbocycles. The zero-order valence-electron chi connectivity index (χ0n) is 15.7. The van der Waals surface area contributed by atoms with Crippen molar-refractivity contribution in [3.05, 3.63) is 64.7 Å². The lowest BCUT2D eigenvalue weighted by Gasteiger charge is -2.31. The Kier molecular flexibility index (Phi) is 5.31. The standard InChI is InChI=1S/C20H14F9NO/c1-2-30-15-6-4-3-5-14(15)17(16(30)31,20(27,28)29)10-11-7-12(18(21,22)23)9-13(8-11)19(24,25)26/h3-9H,2,10H2,1H3. The molecule has 1 aliphatic heterocycles. The third-order valence-electron chi connectivity index (χ3n) is 5.18. The van der Waals surface area contributed by atoms with Gasteiger partial charge in [0, 0.05) is 17.8 Å². The summed E-state index contributed by atoms with van der Waals surface area (Å²) >= 11 is 0. The van der Waals surface area contributed by atoms with Gasteiger partial charge in [-0.05, 0) is 43.2 Å². The molecule has 3 rings (SSSR count). The monoisotopic (exact) mass is 455 g/mol. The second kappa shape index (κ2) is 7.16. The zero-order valence-corrected chi connectivity index (χ0v) is 15.7. The van der Waals surface area contributed by atoms with Crippen LogP contribution in [0.3, 0.4) is 0 Å². The SMILES string of the molecule is CCN1C(=O)C(Cc2cc(C(F)(F)F)cc(C(F)(F)F)c2)(C(F)(F)F)c2ccccc21. The van der Waals surface area contributed by atoms with Crippen molar-refractivity contribution in [1.29, 1.82) is 0 Å². The molecule has 0 aromatic heterocycles. The number of rotatable bonds is 3. The van der Waals surface area contributed by atoms with Gasteiger partial charge in [-0.25, -0.2) is 0 Å². The molecule has 0 radical (unpaired) electrons. The van der Waals surface area contributed by atoms with E-state index in [9.17, 15) is 44.3 Å². The maximum absolute atomic E-state index is 14.3. The van der Waals surface area contributed by atoms with Gasteiger partial charge >= 0.3 is 18.5 Å². The van der Waals surface area contributed by atoms with Crippen LogP contribution in [-0.2, 0) is 29.0 Å². The minimum absolute atomic E-state index is 0.0876. The molecule has 0 N–H and O–H groups in total. The van der Waals surface area contributed by atoms with E-state index in [2.05, 4.69) is 0 Å². The van der Waals surface area contributed by atoms with Crippen LogP contribution in [0.1, 0.15) is 29.2 Å². The summed E-state index contributed by atoms with van der Waals surface area (Å²) in [6, 6.07) is 5.12. The molecule has 0 aliphatic carbocycles. The fourth-order valence-electron chi connectivity index (χ4n) is 3.81. The number of likely N-dealkylation sites (N-methyl/N-ethyl adjacent to an activating group) is 1. The molecule has 11 heteroatoms. The highest BCUT2D eigenvalue weighted by Crippen LogP contribution is 2.53. The number of benzene rings is 2. The number of halogens is 9. The maximum Gasteiger partial charge on any atom is 0.416 e. The lowest BCUT2D eigenvalue weighted by molar-refractivity contribution is -0.191. The Hall–Kier alpha value is -2.72. The van der Waals surface area contributed by atoms with Gasteiger partial charge in [0.2, 0.25) is 5.91 Å². The minimum Gasteiger partial charge on any atom is -0.311 e. The predicted octanol–water partition coefficient (Wildman–Crippen LogP) is 6.13. The largest absolute Gasteiger partial charge is 0.416 e. The van der Waals surface area contributed by atoms with Crippen molar-refractivity contribution in [3.63, 3.8) is 0 Å². The van der Waals surface area contributed by atoms with Crippen molar-refractivity contribution >= 4 is 11.6 Å². The number of amides is 1. The molecule has 1 atom stereocenters.